The topological polar surface area (TPSA) is 26.3 Å². The third kappa shape index (κ3) is 1.82. The lowest BCUT2D eigenvalue weighted by atomic mass is 9.54. The number of aldehydes is 1. The van der Waals surface area contributed by atoms with Crippen LogP contribution in [0.4, 0.5) is 0 Å². The Bertz CT molecular complexity index is 645. The standard InChI is InChI=1S/C20H24O2/c1-20-10-9-17-16-7-5-15(22-2)11-13(16)3-6-18(17)19(20)8-4-14(20)12-21/h4-5,7,11-12,17-19H,3,6,8-10H2,1-2H3/t17-,18-,19+,20+/m1/s1. The number of benzene rings is 1. The monoisotopic (exact) mass is 296 g/mol. The molecule has 116 valence electrons. The van der Waals surface area contributed by atoms with Crippen LogP contribution in [0.1, 0.15) is 49.7 Å². The molecule has 0 spiro atoms. The Morgan fingerprint density at radius 2 is 2.18 bits per heavy atom. The van der Waals surface area contributed by atoms with Crippen LogP contribution in [0.3, 0.4) is 0 Å². The summed E-state index contributed by atoms with van der Waals surface area (Å²) in [5.41, 5.74) is 4.22. The van der Waals surface area contributed by atoms with E-state index in [0.717, 1.165) is 42.8 Å². The molecule has 2 nitrogen and oxygen atoms in total. The Morgan fingerprint density at radius 3 is 2.95 bits per heavy atom. The van der Waals surface area contributed by atoms with E-state index >= 15 is 0 Å². The second-order valence-electron chi connectivity index (χ2n) is 7.45. The molecule has 2 heteroatoms. The Labute approximate surface area is 132 Å². The molecule has 0 aliphatic heterocycles. The first-order valence-electron chi connectivity index (χ1n) is 8.50. The highest BCUT2D eigenvalue weighted by Gasteiger charge is 2.51. The highest BCUT2D eigenvalue weighted by atomic mass is 16.5. The van der Waals surface area contributed by atoms with Crippen molar-refractivity contribution >= 4 is 6.29 Å². The maximum atomic E-state index is 11.4. The number of fused-ring (bicyclic) bond motifs is 5. The summed E-state index contributed by atoms with van der Waals surface area (Å²) in [7, 11) is 1.74. The minimum atomic E-state index is 0.132. The predicted octanol–water partition coefficient (Wildman–Crippen LogP) is 4.29. The van der Waals surface area contributed by atoms with Gasteiger partial charge < -0.3 is 4.74 Å². The van der Waals surface area contributed by atoms with Gasteiger partial charge in [0.25, 0.3) is 0 Å². The van der Waals surface area contributed by atoms with E-state index in [1.807, 2.05) is 0 Å². The molecule has 0 bridgehead atoms. The molecule has 0 aromatic heterocycles. The maximum absolute atomic E-state index is 11.4. The molecule has 1 aromatic rings. The van der Waals surface area contributed by atoms with Crippen LogP contribution in [0, 0.1) is 17.3 Å². The van der Waals surface area contributed by atoms with Gasteiger partial charge in [-0.15, -0.1) is 0 Å². The molecule has 0 unspecified atom stereocenters. The molecule has 4 atom stereocenters. The Kier molecular flexibility index (Phi) is 3.18. The normalized spacial score (nSPS) is 35.9. The summed E-state index contributed by atoms with van der Waals surface area (Å²) < 4.78 is 5.38. The molecule has 0 amide bonds. The van der Waals surface area contributed by atoms with E-state index in [9.17, 15) is 4.79 Å². The third-order valence-electron chi connectivity index (χ3n) is 6.70. The average molecular weight is 296 g/mol. The minimum Gasteiger partial charge on any atom is -0.497 e. The molecule has 3 aliphatic carbocycles. The highest BCUT2D eigenvalue weighted by molar-refractivity contribution is 5.76. The van der Waals surface area contributed by atoms with Gasteiger partial charge in [-0.2, -0.15) is 0 Å². The summed E-state index contributed by atoms with van der Waals surface area (Å²) in [6, 6.07) is 6.62. The van der Waals surface area contributed by atoms with Gasteiger partial charge in [-0.25, -0.2) is 0 Å². The van der Waals surface area contributed by atoms with Crippen LogP contribution < -0.4 is 4.74 Å². The number of hydrogen-bond acceptors (Lipinski definition) is 2. The van der Waals surface area contributed by atoms with Gasteiger partial charge in [-0.05, 0) is 84.1 Å². The summed E-state index contributed by atoms with van der Waals surface area (Å²) in [5.74, 6) is 3.03. The van der Waals surface area contributed by atoms with E-state index in [0.29, 0.717) is 11.8 Å². The second kappa shape index (κ2) is 4.97. The van der Waals surface area contributed by atoms with Crippen molar-refractivity contribution in [1.82, 2.24) is 0 Å². The van der Waals surface area contributed by atoms with Gasteiger partial charge in [0.2, 0.25) is 0 Å². The van der Waals surface area contributed by atoms with Gasteiger partial charge in [-0.3, -0.25) is 4.79 Å². The lowest BCUT2D eigenvalue weighted by molar-refractivity contribution is -0.106. The molecule has 1 fully saturated rings. The van der Waals surface area contributed by atoms with Gasteiger partial charge >= 0.3 is 0 Å². The van der Waals surface area contributed by atoms with Crippen LogP contribution >= 0.6 is 0 Å². The molecule has 4 rings (SSSR count). The summed E-state index contributed by atoms with van der Waals surface area (Å²) in [6.45, 7) is 2.32. The SMILES string of the molecule is COc1ccc2c(c1)CC[C@@H]1[C@@H]2CC[C@@]2(C)C(C=O)=CC[C@@H]12. The largest absolute Gasteiger partial charge is 0.497 e. The van der Waals surface area contributed by atoms with E-state index in [-0.39, 0.29) is 5.41 Å². The summed E-state index contributed by atoms with van der Waals surface area (Å²) in [6.07, 6.45) is 9.18. The van der Waals surface area contributed by atoms with Gasteiger partial charge in [0.15, 0.2) is 0 Å². The van der Waals surface area contributed by atoms with Gasteiger partial charge in [0.05, 0.1) is 7.11 Å². The fourth-order valence-electron chi connectivity index (χ4n) is 5.47. The van der Waals surface area contributed by atoms with Crippen LogP contribution in [0.15, 0.2) is 29.8 Å². The third-order valence-corrected chi connectivity index (χ3v) is 6.70. The molecule has 0 N–H and O–H groups in total. The summed E-state index contributed by atoms with van der Waals surface area (Å²) in [5, 5.41) is 0. The zero-order valence-corrected chi connectivity index (χ0v) is 13.5. The van der Waals surface area contributed by atoms with Crippen molar-refractivity contribution in [2.24, 2.45) is 17.3 Å². The summed E-state index contributed by atoms with van der Waals surface area (Å²) in [4.78, 5) is 11.4. The molecule has 3 aliphatic rings. The van der Waals surface area contributed by atoms with E-state index in [1.54, 1.807) is 12.7 Å². The van der Waals surface area contributed by atoms with Crippen molar-refractivity contribution in [2.45, 2.75) is 44.9 Å². The van der Waals surface area contributed by atoms with Crippen molar-refractivity contribution in [3.05, 3.63) is 41.0 Å². The van der Waals surface area contributed by atoms with Crippen molar-refractivity contribution in [3.63, 3.8) is 0 Å². The zero-order chi connectivity index (χ0) is 15.3. The minimum absolute atomic E-state index is 0.132. The van der Waals surface area contributed by atoms with Crippen LogP contribution in [0.5, 0.6) is 5.75 Å². The number of methoxy groups -OCH3 is 1. The lowest BCUT2D eigenvalue weighted by Gasteiger charge is -2.49. The first-order chi connectivity index (χ1) is 10.7. The Balaban J connectivity index is 1.68. The molecular formula is C20H24O2. The maximum Gasteiger partial charge on any atom is 0.146 e. The van der Waals surface area contributed by atoms with Crippen LogP contribution in [-0.4, -0.2) is 13.4 Å². The highest BCUT2D eigenvalue weighted by Crippen LogP contribution is 2.60. The molecule has 1 aromatic carbocycles. The van der Waals surface area contributed by atoms with Crippen LogP contribution in [0.25, 0.3) is 0 Å². The molecule has 0 heterocycles. The van der Waals surface area contributed by atoms with Gasteiger partial charge in [-0.1, -0.05) is 19.1 Å². The smallest absolute Gasteiger partial charge is 0.146 e. The second-order valence-corrected chi connectivity index (χ2v) is 7.45. The van der Waals surface area contributed by atoms with Crippen molar-refractivity contribution in [2.75, 3.05) is 7.11 Å². The molecule has 0 radical (unpaired) electrons. The Hall–Kier alpha value is -1.57. The first-order valence-corrected chi connectivity index (χ1v) is 8.50. The zero-order valence-electron chi connectivity index (χ0n) is 13.5. The van der Waals surface area contributed by atoms with E-state index in [2.05, 4.69) is 31.2 Å². The summed E-state index contributed by atoms with van der Waals surface area (Å²) >= 11 is 0. The molecule has 1 saturated carbocycles. The van der Waals surface area contributed by atoms with Crippen molar-refractivity contribution in [1.29, 1.82) is 0 Å². The molecule has 0 saturated heterocycles. The number of carbonyl (C=O) groups excluding carboxylic acids is 1. The Morgan fingerprint density at radius 1 is 1.32 bits per heavy atom. The number of allylic oxidation sites excluding steroid dienone is 2. The number of ether oxygens (including phenoxy) is 1. The number of hydrogen-bond donors (Lipinski definition) is 0. The average Bonchev–Trinajstić information content (AvgIpc) is 2.90. The van der Waals surface area contributed by atoms with E-state index < -0.39 is 0 Å². The number of carbonyl (C=O) groups is 1. The fourth-order valence-corrected chi connectivity index (χ4v) is 5.47. The van der Waals surface area contributed by atoms with Crippen LogP contribution in [0.2, 0.25) is 0 Å². The van der Waals surface area contributed by atoms with Crippen molar-refractivity contribution < 1.29 is 9.53 Å². The van der Waals surface area contributed by atoms with E-state index in [1.165, 1.54) is 18.4 Å². The molecule has 22 heavy (non-hydrogen) atoms. The van der Waals surface area contributed by atoms with Crippen molar-refractivity contribution in [3.8, 4) is 5.75 Å². The predicted molar refractivity (Wildman–Crippen MR) is 87.1 cm³/mol. The fraction of sp³-hybridized carbons (Fsp3) is 0.550. The van der Waals surface area contributed by atoms with Gasteiger partial charge in [0.1, 0.15) is 12.0 Å². The quantitative estimate of drug-likeness (QED) is 0.761. The first kappa shape index (κ1) is 14.0. The lowest BCUT2D eigenvalue weighted by Crippen LogP contribution is -2.41. The van der Waals surface area contributed by atoms with Crippen LogP contribution in [-0.2, 0) is 11.2 Å². The number of rotatable bonds is 2. The van der Waals surface area contributed by atoms with Gasteiger partial charge in [0, 0.05) is 0 Å². The number of aryl methyl sites for hydroxylation is 1. The molecular weight excluding hydrogens is 272 g/mol. The van der Waals surface area contributed by atoms with E-state index in [4.69, 9.17) is 4.74 Å².